The van der Waals surface area contributed by atoms with E-state index in [4.69, 9.17) is 0 Å². The lowest BCUT2D eigenvalue weighted by atomic mass is 10.2. The first-order valence-corrected chi connectivity index (χ1v) is 4.17. The Hall–Kier alpha value is -1.10. The van der Waals surface area contributed by atoms with Gasteiger partial charge in [0.1, 0.15) is 5.69 Å². The second-order valence-corrected chi connectivity index (χ2v) is 2.87. The Balaban J connectivity index is 3.01. The van der Waals surface area contributed by atoms with Crippen molar-refractivity contribution in [2.75, 3.05) is 0 Å². The largest absolute Gasteiger partial charge is 0.433 e. The van der Waals surface area contributed by atoms with Crippen LogP contribution < -0.4 is 0 Å². The van der Waals surface area contributed by atoms with Crippen molar-refractivity contribution >= 4 is 0 Å². The SMILES string of the molecule is CC[C@@H](O)c1cccc(C(F)(F)F)n1. The molecule has 1 aromatic heterocycles. The number of aliphatic hydroxyl groups excluding tert-OH is 1. The number of nitrogens with zero attached hydrogens (tertiary/aromatic N) is 1. The molecule has 0 spiro atoms. The third kappa shape index (κ3) is 2.45. The van der Waals surface area contributed by atoms with Gasteiger partial charge in [-0.2, -0.15) is 13.2 Å². The summed E-state index contributed by atoms with van der Waals surface area (Å²) in [5, 5.41) is 9.29. The minimum absolute atomic E-state index is 0.0577. The summed E-state index contributed by atoms with van der Waals surface area (Å²) < 4.78 is 36.6. The topological polar surface area (TPSA) is 33.1 Å². The first kappa shape index (κ1) is 11.0. The van der Waals surface area contributed by atoms with Gasteiger partial charge >= 0.3 is 6.18 Å². The predicted octanol–water partition coefficient (Wildman–Crippen LogP) is 2.54. The maximum absolute atomic E-state index is 12.2. The lowest BCUT2D eigenvalue weighted by molar-refractivity contribution is -0.141. The van der Waals surface area contributed by atoms with Crippen molar-refractivity contribution in [3.63, 3.8) is 0 Å². The number of pyridine rings is 1. The van der Waals surface area contributed by atoms with Crippen molar-refractivity contribution in [1.82, 2.24) is 4.98 Å². The molecule has 0 saturated heterocycles. The van der Waals surface area contributed by atoms with E-state index >= 15 is 0 Å². The number of rotatable bonds is 2. The molecule has 0 aromatic carbocycles. The van der Waals surface area contributed by atoms with Gasteiger partial charge in [-0.15, -0.1) is 0 Å². The first-order chi connectivity index (χ1) is 6.45. The molecular weight excluding hydrogens is 195 g/mol. The van der Waals surface area contributed by atoms with Gasteiger partial charge in [-0.1, -0.05) is 13.0 Å². The highest BCUT2D eigenvalue weighted by Crippen LogP contribution is 2.28. The van der Waals surface area contributed by atoms with Crippen LogP contribution in [0.15, 0.2) is 18.2 Å². The second-order valence-electron chi connectivity index (χ2n) is 2.87. The van der Waals surface area contributed by atoms with Crippen LogP contribution in [0.3, 0.4) is 0 Å². The predicted molar refractivity (Wildman–Crippen MR) is 44.5 cm³/mol. The Morgan fingerprint density at radius 2 is 2.07 bits per heavy atom. The van der Waals surface area contributed by atoms with Crippen LogP contribution in [0.5, 0.6) is 0 Å². The standard InChI is InChI=1S/C9H10F3NO/c1-2-7(14)6-4-3-5-8(13-6)9(10,11)12/h3-5,7,14H,2H2,1H3/t7-/m1/s1. The molecular formula is C9H10F3NO. The van der Waals surface area contributed by atoms with Crippen molar-refractivity contribution in [1.29, 1.82) is 0 Å². The fourth-order valence-electron chi connectivity index (χ4n) is 1.00. The van der Waals surface area contributed by atoms with E-state index in [9.17, 15) is 18.3 Å². The Morgan fingerprint density at radius 3 is 2.57 bits per heavy atom. The third-order valence-corrected chi connectivity index (χ3v) is 1.79. The van der Waals surface area contributed by atoms with E-state index in [-0.39, 0.29) is 5.69 Å². The molecule has 0 radical (unpaired) electrons. The lowest BCUT2D eigenvalue weighted by Gasteiger charge is -2.10. The van der Waals surface area contributed by atoms with E-state index in [1.807, 2.05) is 0 Å². The maximum Gasteiger partial charge on any atom is 0.433 e. The molecule has 1 rings (SSSR count). The summed E-state index contributed by atoms with van der Waals surface area (Å²) in [4.78, 5) is 3.34. The molecule has 1 N–H and O–H groups in total. The van der Waals surface area contributed by atoms with Gasteiger partial charge in [0.05, 0.1) is 11.8 Å². The smallest absolute Gasteiger partial charge is 0.387 e. The van der Waals surface area contributed by atoms with Crippen LogP contribution in [0.25, 0.3) is 0 Å². The molecule has 1 heterocycles. The van der Waals surface area contributed by atoms with Crippen molar-refractivity contribution in [3.8, 4) is 0 Å². The molecule has 0 saturated carbocycles. The molecule has 1 atom stereocenters. The van der Waals surface area contributed by atoms with Crippen molar-refractivity contribution in [2.24, 2.45) is 0 Å². The van der Waals surface area contributed by atoms with Crippen LogP contribution in [0.4, 0.5) is 13.2 Å². The molecule has 0 aliphatic heterocycles. The minimum atomic E-state index is -4.45. The zero-order chi connectivity index (χ0) is 10.8. The molecule has 5 heteroatoms. The highest BCUT2D eigenvalue weighted by atomic mass is 19.4. The quantitative estimate of drug-likeness (QED) is 0.804. The average molecular weight is 205 g/mol. The van der Waals surface area contributed by atoms with Gasteiger partial charge in [-0.25, -0.2) is 4.98 Å². The maximum atomic E-state index is 12.2. The van der Waals surface area contributed by atoms with Crippen molar-refractivity contribution in [2.45, 2.75) is 25.6 Å². The van der Waals surface area contributed by atoms with E-state index in [0.717, 1.165) is 6.07 Å². The summed E-state index contributed by atoms with van der Waals surface area (Å²) >= 11 is 0. The normalized spacial score (nSPS) is 14.1. The highest BCUT2D eigenvalue weighted by molar-refractivity contribution is 5.15. The molecule has 0 amide bonds. The Morgan fingerprint density at radius 1 is 1.43 bits per heavy atom. The summed E-state index contributed by atoms with van der Waals surface area (Å²) in [6, 6.07) is 3.50. The number of hydrogen-bond acceptors (Lipinski definition) is 2. The molecule has 0 fully saturated rings. The average Bonchev–Trinajstić information content (AvgIpc) is 2.15. The van der Waals surface area contributed by atoms with Gasteiger partial charge in [-0.05, 0) is 18.6 Å². The van der Waals surface area contributed by atoms with Crippen LogP contribution >= 0.6 is 0 Å². The number of halogens is 3. The lowest BCUT2D eigenvalue weighted by Crippen LogP contribution is -2.10. The van der Waals surface area contributed by atoms with Gasteiger partial charge in [0.15, 0.2) is 0 Å². The Labute approximate surface area is 79.4 Å². The second kappa shape index (κ2) is 3.96. The van der Waals surface area contributed by atoms with Gasteiger partial charge < -0.3 is 5.11 Å². The molecule has 0 aliphatic rings. The number of hydrogen-bond donors (Lipinski definition) is 1. The van der Waals surface area contributed by atoms with E-state index in [0.29, 0.717) is 6.42 Å². The monoisotopic (exact) mass is 205 g/mol. The first-order valence-electron chi connectivity index (χ1n) is 4.17. The molecule has 78 valence electrons. The Bertz CT molecular complexity index is 311. The van der Waals surface area contributed by atoms with Crippen LogP contribution in [-0.4, -0.2) is 10.1 Å². The summed E-state index contributed by atoms with van der Waals surface area (Å²) in [7, 11) is 0. The Kier molecular flexibility index (Phi) is 3.10. The minimum Gasteiger partial charge on any atom is -0.387 e. The summed E-state index contributed by atoms with van der Waals surface area (Å²) in [6.45, 7) is 1.67. The highest BCUT2D eigenvalue weighted by Gasteiger charge is 2.32. The number of aliphatic hydroxyl groups is 1. The summed E-state index contributed by atoms with van der Waals surface area (Å²) in [5.41, 5.74) is -0.912. The summed E-state index contributed by atoms with van der Waals surface area (Å²) in [6.07, 6.45) is -5.05. The van der Waals surface area contributed by atoms with Crippen LogP contribution in [0.1, 0.15) is 30.8 Å². The van der Waals surface area contributed by atoms with Gasteiger partial charge in [0.25, 0.3) is 0 Å². The van der Waals surface area contributed by atoms with Gasteiger partial charge in [0, 0.05) is 0 Å². The number of alkyl halides is 3. The van der Waals surface area contributed by atoms with E-state index in [1.54, 1.807) is 6.92 Å². The van der Waals surface area contributed by atoms with Crippen LogP contribution in [0, 0.1) is 0 Å². The summed E-state index contributed by atoms with van der Waals surface area (Å²) in [5.74, 6) is 0. The zero-order valence-corrected chi connectivity index (χ0v) is 7.54. The van der Waals surface area contributed by atoms with E-state index in [1.165, 1.54) is 12.1 Å². The fraction of sp³-hybridized carbons (Fsp3) is 0.444. The van der Waals surface area contributed by atoms with Gasteiger partial charge in [-0.3, -0.25) is 0 Å². The molecule has 1 aromatic rings. The van der Waals surface area contributed by atoms with E-state index in [2.05, 4.69) is 4.98 Å². The molecule has 0 aliphatic carbocycles. The van der Waals surface area contributed by atoms with Gasteiger partial charge in [0.2, 0.25) is 0 Å². The number of aromatic nitrogens is 1. The third-order valence-electron chi connectivity index (χ3n) is 1.79. The van der Waals surface area contributed by atoms with Crippen molar-refractivity contribution < 1.29 is 18.3 Å². The van der Waals surface area contributed by atoms with Crippen molar-refractivity contribution in [3.05, 3.63) is 29.6 Å². The molecule has 0 bridgehead atoms. The molecule has 14 heavy (non-hydrogen) atoms. The molecule has 2 nitrogen and oxygen atoms in total. The van der Waals surface area contributed by atoms with E-state index < -0.39 is 18.0 Å². The molecule has 0 unspecified atom stereocenters. The van der Waals surface area contributed by atoms with Crippen LogP contribution in [-0.2, 0) is 6.18 Å². The fourth-order valence-corrected chi connectivity index (χ4v) is 1.00. The zero-order valence-electron chi connectivity index (χ0n) is 7.54. The van der Waals surface area contributed by atoms with Crippen LogP contribution in [0.2, 0.25) is 0 Å².